The van der Waals surface area contributed by atoms with Gasteiger partial charge in [0, 0.05) is 43.2 Å². The van der Waals surface area contributed by atoms with Crippen molar-refractivity contribution in [1.82, 2.24) is 0 Å². The van der Waals surface area contributed by atoms with Crippen LogP contribution in [-0.2, 0) is 37.9 Å². The molecule has 0 saturated heterocycles. The summed E-state index contributed by atoms with van der Waals surface area (Å²) in [6, 6.07) is 42.9. The topological polar surface area (TPSA) is 6.48 Å². The van der Waals surface area contributed by atoms with Crippen LogP contribution in [0.4, 0.5) is 34.1 Å². The number of thiophene rings is 1. The maximum absolute atomic E-state index is 2.81. The lowest BCUT2D eigenvalue weighted by Gasteiger charge is -2.47. The molecule has 1 aromatic heterocycles. The number of benzene rings is 6. The van der Waals surface area contributed by atoms with Gasteiger partial charge in [-0.2, -0.15) is 0 Å². The van der Waals surface area contributed by atoms with Crippen molar-refractivity contribution in [3.05, 3.63) is 148 Å². The molecule has 7 aromatic rings. The molecule has 1 saturated carbocycles. The maximum atomic E-state index is 2.81. The summed E-state index contributed by atoms with van der Waals surface area (Å²) in [6.45, 7) is 46.0. The molecule has 0 radical (unpaired) electrons. The van der Waals surface area contributed by atoms with E-state index in [0.29, 0.717) is 5.92 Å². The summed E-state index contributed by atoms with van der Waals surface area (Å²) in [5.74, 6) is 0.530. The van der Waals surface area contributed by atoms with E-state index < -0.39 is 0 Å². The Morgan fingerprint density at radius 1 is 0.474 bits per heavy atom. The molecule has 0 unspecified atom stereocenters. The molecular formula is C72H89BN2S. The van der Waals surface area contributed by atoms with Crippen LogP contribution in [0.15, 0.2) is 103 Å². The highest BCUT2D eigenvalue weighted by molar-refractivity contribution is 7.33. The van der Waals surface area contributed by atoms with E-state index in [1.165, 1.54) is 154 Å². The van der Waals surface area contributed by atoms with Gasteiger partial charge in [0.25, 0.3) is 6.71 Å². The molecule has 4 aliphatic rings. The lowest BCUT2D eigenvalue weighted by Crippen LogP contribution is -2.60. The molecule has 2 nitrogen and oxygen atoms in total. The second-order valence-electron chi connectivity index (χ2n) is 30.5. The van der Waals surface area contributed by atoms with Gasteiger partial charge in [0.1, 0.15) is 0 Å². The summed E-state index contributed by atoms with van der Waals surface area (Å²) in [4.78, 5) is 5.61. The molecule has 11 rings (SSSR count). The predicted octanol–water partition coefficient (Wildman–Crippen LogP) is 19.5. The highest BCUT2D eigenvalue weighted by Gasteiger charge is 2.48. The Balaban J connectivity index is 1.32. The van der Waals surface area contributed by atoms with Gasteiger partial charge in [-0.3, -0.25) is 0 Å². The van der Waals surface area contributed by atoms with Gasteiger partial charge in [0.2, 0.25) is 0 Å². The smallest absolute Gasteiger partial charge is 0.264 e. The quantitative estimate of drug-likeness (QED) is 0.162. The molecule has 0 bridgehead atoms. The Labute approximate surface area is 464 Å². The standard InChI is InChI=1S/C72H89BN2S/c1-66(2,3)46-30-32-62-53(38-46)64-65(76-62)73-56-39-47(67(4,5)6)29-31-58(56)74(60-40-50(70(13,14)15)41-61(63(60)73)75(64)57-28-24-23-27-51(57)44-25-21-20-22-26-44)59-43-55-54(71(16,17)33-34-72(55,18)19)42-52(59)45-35-48(68(7,8)9)37-49(36-45)69(10,11)12/h23-24,27-32,35-44H,20-22,25-26,33-34H2,1-19H3. The fourth-order valence-corrected chi connectivity index (χ4v) is 14.8. The molecule has 76 heavy (non-hydrogen) atoms. The molecule has 0 spiro atoms. The van der Waals surface area contributed by atoms with Gasteiger partial charge in [0.15, 0.2) is 0 Å². The van der Waals surface area contributed by atoms with Crippen LogP contribution < -0.4 is 25.5 Å². The first kappa shape index (κ1) is 53.0. The van der Waals surface area contributed by atoms with E-state index in [1.54, 1.807) is 0 Å². The van der Waals surface area contributed by atoms with Crippen LogP contribution in [0.5, 0.6) is 0 Å². The predicted molar refractivity (Wildman–Crippen MR) is 336 cm³/mol. The Kier molecular flexibility index (Phi) is 12.4. The second-order valence-corrected chi connectivity index (χ2v) is 31.5. The van der Waals surface area contributed by atoms with Gasteiger partial charge in [0.05, 0.1) is 11.4 Å². The molecule has 0 amide bonds. The summed E-state index contributed by atoms with van der Waals surface area (Å²) in [5, 5.41) is 1.38. The summed E-state index contributed by atoms with van der Waals surface area (Å²) in [5.41, 5.74) is 24.7. The zero-order valence-electron chi connectivity index (χ0n) is 50.2. The summed E-state index contributed by atoms with van der Waals surface area (Å²) >= 11 is 2.05. The van der Waals surface area contributed by atoms with Crippen LogP contribution in [0.1, 0.15) is 227 Å². The van der Waals surface area contributed by atoms with Gasteiger partial charge < -0.3 is 9.80 Å². The first-order valence-corrected chi connectivity index (χ1v) is 30.1. The summed E-state index contributed by atoms with van der Waals surface area (Å²) in [7, 11) is 0. The van der Waals surface area contributed by atoms with E-state index in [2.05, 4.69) is 244 Å². The van der Waals surface area contributed by atoms with Gasteiger partial charge in [-0.1, -0.05) is 205 Å². The van der Waals surface area contributed by atoms with Gasteiger partial charge >= 0.3 is 0 Å². The van der Waals surface area contributed by atoms with Crippen molar-refractivity contribution in [2.24, 2.45) is 0 Å². The van der Waals surface area contributed by atoms with E-state index in [1.807, 2.05) is 11.3 Å². The molecule has 1 fully saturated rings. The minimum Gasteiger partial charge on any atom is -0.311 e. The molecule has 6 aromatic carbocycles. The summed E-state index contributed by atoms with van der Waals surface area (Å²) < 4.78 is 2.83. The van der Waals surface area contributed by atoms with Crippen molar-refractivity contribution >= 4 is 78.0 Å². The van der Waals surface area contributed by atoms with Gasteiger partial charge in [-0.25, -0.2) is 0 Å². The Hall–Kier alpha value is -5.06. The average Bonchev–Trinajstić information content (AvgIpc) is 3.92. The highest BCUT2D eigenvalue weighted by atomic mass is 32.1. The van der Waals surface area contributed by atoms with Crippen LogP contribution in [0.25, 0.3) is 21.2 Å². The van der Waals surface area contributed by atoms with Gasteiger partial charge in [-0.05, 0) is 179 Å². The van der Waals surface area contributed by atoms with E-state index in [0.717, 1.165) is 6.42 Å². The number of anilines is 6. The van der Waals surface area contributed by atoms with Crippen molar-refractivity contribution < 1.29 is 0 Å². The van der Waals surface area contributed by atoms with Crippen LogP contribution in [0.3, 0.4) is 0 Å². The lowest BCUT2D eigenvalue weighted by molar-refractivity contribution is 0.332. The van der Waals surface area contributed by atoms with Crippen molar-refractivity contribution in [3.8, 4) is 11.1 Å². The molecule has 396 valence electrons. The average molecular weight is 1030 g/mol. The van der Waals surface area contributed by atoms with Crippen molar-refractivity contribution in [2.75, 3.05) is 9.80 Å². The Morgan fingerprint density at radius 3 is 1.59 bits per heavy atom. The molecule has 2 aliphatic heterocycles. The molecule has 2 aliphatic carbocycles. The lowest BCUT2D eigenvalue weighted by atomic mass is 9.36. The van der Waals surface area contributed by atoms with E-state index in [-0.39, 0.29) is 44.6 Å². The number of hydrogen-bond donors (Lipinski definition) is 0. The SMILES string of the molecule is CC(C)(C)c1cc(-c2cc3c(cc2N2c4ccc(C(C)(C)C)cc4B4c5sc6ccc(C(C)(C)C)cc6c5N(c5ccccc5C5CCCCC5)c5cc(C(C)(C)C)cc2c54)C(C)(C)CCC3(C)C)cc(C(C)(C)C)c1. The molecule has 3 heterocycles. The summed E-state index contributed by atoms with van der Waals surface area (Å²) in [6.07, 6.45) is 8.75. The fraction of sp³-hybridized carbons (Fsp3) is 0.472. The van der Waals surface area contributed by atoms with Crippen molar-refractivity contribution in [2.45, 2.75) is 220 Å². The second kappa shape index (κ2) is 17.7. The zero-order valence-corrected chi connectivity index (χ0v) is 51.0. The van der Waals surface area contributed by atoms with E-state index in [9.17, 15) is 0 Å². The molecule has 0 atom stereocenters. The first-order chi connectivity index (χ1) is 35.3. The zero-order chi connectivity index (χ0) is 54.6. The Morgan fingerprint density at radius 2 is 1.00 bits per heavy atom. The number of hydrogen-bond acceptors (Lipinski definition) is 3. The molecule has 0 N–H and O–H groups in total. The van der Waals surface area contributed by atoms with Gasteiger partial charge in [-0.15, -0.1) is 11.3 Å². The van der Waals surface area contributed by atoms with E-state index >= 15 is 0 Å². The monoisotopic (exact) mass is 1020 g/mol. The number of fused-ring (bicyclic) bond motifs is 7. The Bertz CT molecular complexity index is 3410. The van der Waals surface area contributed by atoms with Crippen LogP contribution in [0, 0.1) is 0 Å². The highest BCUT2D eigenvalue weighted by Crippen LogP contribution is 2.56. The largest absolute Gasteiger partial charge is 0.311 e. The molecular weight excluding hydrogens is 936 g/mol. The minimum absolute atomic E-state index is 0.00293. The fourth-order valence-electron chi connectivity index (χ4n) is 13.5. The molecule has 4 heteroatoms. The third kappa shape index (κ3) is 8.92. The number of para-hydroxylation sites is 1. The number of nitrogens with zero attached hydrogens (tertiary/aromatic N) is 2. The van der Waals surface area contributed by atoms with Crippen LogP contribution in [0.2, 0.25) is 0 Å². The minimum atomic E-state index is -0.138. The van der Waals surface area contributed by atoms with Crippen molar-refractivity contribution in [1.29, 1.82) is 0 Å². The van der Waals surface area contributed by atoms with E-state index in [4.69, 9.17) is 0 Å². The van der Waals surface area contributed by atoms with Crippen LogP contribution in [-0.4, -0.2) is 6.71 Å². The normalized spacial score (nSPS) is 17.6. The van der Waals surface area contributed by atoms with Crippen molar-refractivity contribution in [3.63, 3.8) is 0 Å². The first-order valence-electron chi connectivity index (χ1n) is 29.3. The number of rotatable bonds is 4. The van der Waals surface area contributed by atoms with Crippen LogP contribution >= 0.6 is 11.3 Å². The third-order valence-electron chi connectivity index (χ3n) is 18.7. The third-order valence-corrected chi connectivity index (χ3v) is 19.9. The maximum Gasteiger partial charge on any atom is 0.264 e.